The van der Waals surface area contributed by atoms with Crippen LogP contribution in [0.4, 0.5) is 10.5 Å². The van der Waals surface area contributed by atoms with Crippen LogP contribution in [0, 0.1) is 10.1 Å². The van der Waals surface area contributed by atoms with Gasteiger partial charge < -0.3 is 15.1 Å². The average molecular weight is 264 g/mol. The van der Waals surface area contributed by atoms with Crippen molar-refractivity contribution in [2.75, 3.05) is 13.1 Å². The smallest absolute Gasteiger partial charge is 0.407 e. The van der Waals surface area contributed by atoms with Crippen molar-refractivity contribution in [3.63, 3.8) is 0 Å². The number of nitro groups is 1. The maximum absolute atomic E-state index is 11.0. The Kier molecular flexibility index (Phi) is 3.37. The number of rotatable bonds is 2. The number of hydrogen-bond donors (Lipinski definition) is 2. The standard InChI is InChI=1S/C12H12N2O5/c15-10-3-1-2-9(11(10)14(18)19)8-4-6-13(7-5-8)12(16)17/h1-4,15H,5-7H2,(H,16,17). The molecule has 0 saturated carbocycles. The Morgan fingerprint density at radius 1 is 1.42 bits per heavy atom. The molecule has 19 heavy (non-hydrogen) atoms. The molecule has 2 rings (SSSR count). The van der Waals surface area contributed by atoms with Crippen molar-refractivity contribution >= 4 is 17.4 Å². The number of nitrogens with zero attached hydrogens (tertiary/aromatic N) is 2. The molecule has 1 aromatic carbocycles. The average Bonchev–Trinajstić information content (AvgIpc) is 2.38. The Bertz CT molecular complexity index is 567. The van der Waals surface area contributed by atoms with Crippen molar-refractivity contribution in [3.05, 3.63) is 40.0 Å². The van der Waals surface area contributed by atoms with Gasteiger partial charge in [0.1, 0.15) is 0 Å². The normalized spacial score (nSPS) is 14.9. The van der Waals surface area contributed by atoms with Gasteiger partial charge in [-0.1, -0.05) is 12.1 Å². The molecule has 0 aliphatic carbocycles. The predicted molar refractivity (Wildman–Crippen MR) is 67.0 cm³/mol. The van der Waals surface area contributed by atoms with Gasteiger partial charge in [-0.3, -0.25) is 10.1 Å². The molecule has 0 spiro atoms. The van der Waals surface area contributed by atoms with Gasteiger partial charge in [0.15, 0.2) is 5.75 Å². The van der Waals surface area contributed by atoms with Crippen LogP contribution in [0.25, 0.3) is 5.57 Å². The molecule has 7 nitrogen and oxygen atoms in total. The monoisotopic (exact) mass is 264 g/mol. The first-order valence-electron chi connectivity index (χ1n) is 5.64. The van der Waals surface area contributed by atoms with Crippen molar-refractivity contribution in [1.82, 2.24) is 4.90 Å². The van der Waals surface area contributed by atoms with Gasteiger partial charge in [0, 0.05) is 13.1 Å². The molecule has 0 bridgehead atoms. The molecule has 1 aliphatic heterocycles. The fraction of sp³-hybridized carbons (Fsp3) is 0.250. The second-order valence-corrected chi connectivity index (χ2v) is 4.14. The maximum Gasteiger partial charge on any atom is 0.407 e. The summed E-state index contributed by atoms with van der Waals surface area (Å²) >= 11 is 0. The van der Waals surface area contributed by atoms with E-state index in [0.29, 0.717) is 17.6 Å². The van der Waals surface area contributed by atoms with Gasteiger partial charge in [0.25, 0.3) is 0 Å². The number of hydrogen-bond acceptors (Lipinski definition) is 4. The highest BCUT2D eigenvalue weighted by molar-refractivity contribution is 5.77. The number of carboxylic acid groups (broad SMARTS) is 1. The molecule has 0 atom stereocenters. The number of benzene rings is 1. The zero-order chi connectivity index (χ0) is 14.0. The van der Waals surface area contributed by atoms with E-state index in [9.17, 15) is 20.0 Å². The quantitative estimate of drug-likeness (QED) is 0.628. The second kappa shape index (κ2) is 4.97. The van der Waals surface area contributed by atoms with Gasteiger partial charge in [0.2, 0.25) is 0 Å². The third-order valence-electron chi connectivity index (χ3n) is 3.02. The zero-order valence-electron chi connectivity index (χ0n) is 9.94. The Labute approximate surface area is 108 Å². The molecule has 0 fully saturated rings. The molecule has 1 aliphatic rings. The molecule has 2 N–H and O–H groups in total. The first-order chi connectivity index (χ1) is 9.00. The molecule has 1 heterocycles. The number of para-hydroxylation sites is 1. The summed E-state index contributed by atoms with van der Waals surface area (Å²) in [5.41, 5.74) is 0.688. The lowest BCUT2D eigenvalue weighted by atomic mass is 9.97. The number of carbonyl (C=O) groups is 1. The number of nitro benzene ring substituents is 1. The van der Waals surface area contributed by atoms with Crippen LogP contribution < -0.4 is 0 Å². The summed E-state index contributed by atoms with van der Waals surface area (Å²) in [7, 11) is 0. The molecule has 1 amide bonds. The van der Waals surface area contributed by atoms with Gasteiger partial charge >= 0.3 is 11.8 Å². The molecule has 0 radical (unpaired) electrons. The maximum atomic E-state index is 11.0. The highest BCUT2D eigenvalue weighted by Crippen LogP contribution is 2.36. The highest BCUT2D eigenvalue weighted by Gasteiger charge is 2.24. The fourth-order valence-corrected chi connectivity index (χ4v) is 2.07. The first-order valence-corrected chi connectivity index (χ1v) is 5.64. The fourth-order valence-electron chi connectivity index (χ4n) is 2.07. The summed E-state index contributed by atoms with van der Waals surface area (Å²) in [5.74, 6) is -0.385. The first kappa shape index (κ1) is 12.9. The number of amides is 1. The topological polar surface area (TPSA) is 104 Å². The molecule has 0 aromatic heterocycles. The lowest BCUT2D eigenvalue weighted by Crippen LogP contribution is -2.33. The molecule has 0 saturated heterocycles. The van der Waals surface area contributed by atoms with Crippen molar-refractivity contribution < 1.29 is 19.9 Å². The van der Waals surface area contributed by atoms with Crippen molar-refractivity contribution in [2.45, 2.75) is 6.42 Å². The van der Waals surface area contributed by atoms with Crippen molar-refractivity contribution in [3.8, 4) is 5.75 Å². The van der Waals surface area contributed by atoms with Crippen LogP contribution in [0.3, 0.4) is 0 Å². The summed E-state index contributed by atoms with van der Waals surface area (Å²) in [6.07, 6.45) is 1.01. The molecule has 7 heteroatoms. The van der Waals surface area contributed by atoms with E-state index >= 15 is 0 Å². The van der Waals surface area contributed by atoms with E-state index in [1.165, 1.54) is 17.0 Å². The minimum absolute atomic E-state index is 0.192. The van der Waals surface area contributed by atoms with E-state index in [-0.39, 0.29) is 24.5 Å². The lowest BCUT2D eigenvalue weighted by molar-refractivity contribution is -0.386. The summed E-state index contributed by atoms with van der Waals surface area (Å²) in [6.45, 7) is 0.478. The Morgan fingerprint density at radius 3 is 2.68 bits per heavy atom. The van der Waals surface area contributed by atoms with Gasteiger partial charge in [0.05, 0.1) is 10.5 Å². The molecular formula is C12H12N2O5. The van der Waals surface area contributed by atoms with Crippen molar-refractivity contribution in [2.24, 2.45) is 0 Å². The number of aromatic hydroxyl groups is 1. The van der Waals surface area contributed by atoms with Crippen LogP contribution in [-0.4, -0.2) is 39.2 Å². The van der Waals surface area contributed by atoms with E-state index in [0.717, 1.165) is 0 Å². The number of phenolic OH excluding ortho intramolecular Hbond substituents is 1. The van der Waals surface area contributed by atoms with Crippen LogP contribution in [-0.2, 0) is 0 Å². The molecular weight excluding hydrogens is 252 g/mol. The molecule has 100 valence electrons. The van der Waals surface area contributed by atoms with E-state index in [4.69, 9.17) is 5.11 Å². The largest absolute Gasteiger partial charge is 0.502 e. The summed E-state index contributed by atoms with van der Waals surface area (Å²) in [6, 6.07) is 4.34. The highest BCUT2D eigenvalue weighted by atomic mass is 16.6. The third-order valence-corrected chi connectivity index (χ3v) is 3.02. The summed E-state index contributed by atoms with van der Waals surface area (Å²) in [5, 5.41) is 29.4. The van der Waals surface area contributed by atoms with Gasteiger partial charge in [-0.2, -0.15) is 0 Å². The van der Waals surface area contributed by atoms with E-state index in [2.05, 4.69) is 0 Å². The minimum atomic E-state index is -1.01. The lowest BCUT2D eigenvalue weighted by Gasteiger charge is -2.23. The van der Waals surface area contributed by atoms with Gasteiger partial charge in [-0.15, -0.1) is 0 Å². The van der Waals surface area contributed by atoms with E-state index in [1.807, 2.05) is 0 Å². The summed E-state index contributed by atoms with van der Waals surface area (Å²) in [4.78, 5) is 22.3. The summed E-state index contributed by atoms with van der Waals surface area (Å²) < 4.78 is 0. The number of phenols is 1. The minimum Gasteiger partial charge on any atom is -0.502 e. The molecule has 0 unspecified atom stereocenters. The van der Waals surface area contributed by atoms with Crippen LogP contribution in [0.2, 0.25) is 0 Å². The van der Waals surface area contributed by atoms with Gasteiger partial charge in [-0.05, 0) is 24.1 Å². The van der Waals surface area contributed by atoms with Gasteiger partial charge in [-0.25, -0.2) is 4.79 Å². The second-order valence-electron chi connectivity index (χ2n) is 4.14. The SMILES string of the molecule is O=C(O)N1CC=C(c2cccc(O)c2[N+](=O)[O-])CC1. The Balaban J connectivity index is 2.36. The Hall–Kier alpha value is -2.57. The van der Waals surface area contributed by atoms with Crippen LogP contribution >= 0.6 is 0 Å². The molecule has 1 aromatic rings. The third kappa shape index (κ3) is 2.49. The Morgan fingerprint density at radius 2 is 2.16 bits per heavy atom. The van der Waals surface area contributed by atoms with Crippen LogP contribution in [0.15, 0.2) is 24.3 Å². The van der Waals surface area contributed by atoms with Crippen LogP contribution in [0.5, 0.6) is 5.75 Å². The van der Waals surface area contributed by atoms with Crippen molar-refractivity contribution in [1.29, 1.82) is 0 Å². The van der Waals surface area contributed by atoms with E-state index < -0.39 is 11.0 Å². The predicted octanol–water partition coefficient (Wildman–Crippen LogP) is 2.07. The van der Waals surface area contributed by atoms with E-state index in [1.54, 1.807) is 12.1 Å². The zero-order valence-corrected chi connectivity index (χ0v) is 9.94. The van der Waals surface area contributed by atoms with Crippen LogP contribution in [0.1, 0.15) is 12.0 Å².